The first-order valence-electron chi connectivity index (χ1n) is 8.82. The first-order valence-corrected chi connectivity index (χ1v) is 8.82. The third kappa shape index (κ3) is 6.87. The molecular weight excluding hydrogens is 340 g/mol. The molecule has 2 N–H and O–H groups in total. The van der Waals surface area contributed by atoms with Crippen LogP contribution in [-0.2, 0) is 9.53 Å². The molecule has 0 aromatic carbocycles. The third-order valence-corrected chi connectivity index (χ3v) is 3.55. The van der Waals surface area contributed by atoms with Gasteiger partial charge in [0, 0.05) is 6.07 Å². The molecule has 1 amide bonds. The summed E-state index contributed by atoms with van der Waals surface area (Å²) in [7, 11) is 1.18. The summed E-state index contributed by atoms with van der Waals surface area (Å²) in [4.78, 5) is 27.9. The number of esters is 1. The molecule has 1 heterocycles. The Hall–Kier alpha value is -2.35. The number of aliphatic hydroxyl groups excluding tert-OH is 1. The average Bonchev–Trinajstić information content (AvgIpc) is 2.66. The maximum absolute atomic E-state index is 12.3. The summed E-state index contributed by atoms with van der Waals surface area (Å²) in [6.07, 6.45) is 5.16. The molecule has 8 nitrogen and oxygen atoms in total. The fourth-order valence-electron chi connectivity index (χ4n) is 1.98. The van der Waals surface area contributed by atoms with Crippen molar-refractivity contribution in [2.24, 2.45) is 0 Å². The van der Waals surface area contributed by atoms with Crippen LogP contribution >= 0.6 is 0 Å². The van der Waals surface area contributed by atoms with Gasteiger partial charge in [-0.3, -0.25) is 4.79 Å². The number of hydrogen-bond acceptors (Lipinski definition) is 7. The van der Waals surface area contributed by atoms with E-state index in [1.165, 1.54) is 19.4 Å². The van der Waals surface area contributed by atoms with E-state index in [-0.39, 0.29) is 5.69 Å². The van der Waals surface area contributed by atoms with Crippen molar-refractivity contribution in [1.29, 1.82) is 0 Å². The lowest BCUT2D eigenvalue weighted by Crippen LogP contribution is -2.44. The molecular formula is C18H28N2O6. The highest BCUT2D eigenvalue weighted by Crippen LogP contribution is 2.27. The third-order valence-electron chi connectivity index (χ3n) is 3.55. The second kappa shape index (κ2) is 12.1. The van der Waals surface area contributed by atoms with Crippen molar-refractivity contribution in [1.82, 2.24) is 10.3 Å². The highest BCUT2D eigenvalue weighted by Gasteiger charge is 2.22. The molecule has 0 aliphatic carbocycles. The van der Waals surface area contributed by atoms with Gasteiger partial charge in [0.1, 0.15) is 5.69 Å². The second-order valence-electron chi connectivity index (χ2n) is 5.65. The van der Waals surface area contributed by atoms with Crippen LogP contribution < -0.4 is 14.8 Å². The minimum atomic E-state index is -1.15. The minimum absolute atomic E-state index is 0.0571. The predicted octanol–water partition coefficient (Wildman–Crippen LogP) is 1.70. The lowest BCUT2D eigenvalue weighted by Gasteiger charge is -2.15. The van der Waals surface area contributed by atoms with Gasteiger partial charge in [0.2, 0.25) is 0 Å². The molecule has 0 aliphatic rings. The highest BCUT2D eigenvalue weighted by atomic mass is 16.5. The van der Waals surface area contributed by atoms with Gasteiger partial charge in [0.15, 0.2) is 17.5 Å². The van der Waals surface area contributed by atoms with Gasteiger partial charge in [-0.2, -0.15) is 0 Å². The Labute approximate surface area is 153 Å². The number of nitrogens with one attached hydrogen (secondary N) is 1. The van der Waals surface area contributed by atoms with E-state index in [4.69, 9.17) is 9.47 Å². The lowest BCUT2D eigenvalue weighted by molar-refractivity contribution is -0.143. The molecule has 0 spiro atoms. The van der Waals surface area contributed by atoms with E-state index in [0.29, 0.717) is 24.7 Å². The van der Waals surface area contributed by atoms with Crippen molar-refractivity contribution in [3.63, 3.8) is 0 Å². The molecule has 0 saturated heterocycles. The van der Waals surface area contributed by atoms with Crippen LogP contribution in [0.4, 0.5) is 0 Å². The van der Waals surface area contributed by atoms with Crippen LogP contribution in [0.1, 0.15) is 50.0 Å². The number of rotatable bonds is 12. The molecule has 1 unspecified atom stereocenters. The van der Waals surface area contributed by atoms with Gasteiger partial charge in [0.25, 0.3) is 5.91 Å². The summed E-state index contributed by atoms with van der Waals surface area (Å²) in [6.45, 7) is 4.56. The molecule has 1 aromatic rings. The number of amides is 1. The van der Waals surface area contributed by atoms with Crippen molar-refractivity contribution in [2.75, 3.05) is 26.9 Å². The number of aromatic nitrogens is 1. The molecule has 0 bridgehead atoms. The minimum Gasteiger partial charge on any atom is -0.490 e. The number of nitrogens with zero attached hydrogens (tertiary/aromatic N) is 1. The summed E-state index contributed by atoms with van der Waals surface area (Å²) < 4.78 is 15.9. The Morgan fingerprint density at radius 1 is 1.15 bits per heavy atom. The number of ether oxygens (including phenoxy) is 3. The maximum atomic E-state index is 12.3. The SMILES string of the molecule is CCCCOc1cnc(C(=O)NC(CO)C(=O)OC)cc1OCCCC. The summed E-state index contributed by atoms with van der Waals surface area (Å²) in [6, 6.07) is 0.317. The molecule has 146 valence electrons. The number of hydrogen-bond donors (Lipinski definition) is 2. The number of methoxy groups -OCH3 is 1. The summed E-state index contributed by atoms with van der Waals surface area (Å²) in [5, 5.41) is 11.6. The Morgan fingerprint density at radius 2 is 1.77 bits per heavy atom. The molecule has 0 radical (unpaired) electrons. The fourth-order valence-corrected chi connectivity index (χ4v) is 1.98. The van der Waals surface area contributed by atoms with E-state index in [0.717, 1.165) is 25.7 Å². The molecule has 0 fully saturated rings. The van der Waals surface area contributed by atoms with E-state index < -0.39 is 24.5 Å². The van der Waals surface area contributed by atoms with Gasteiger partial charge in [-0.25, -0.2) is 9.78 Å². The van der Waals surface area contributed by atoms with E-state index in [1.807, 2.05) is 0 Å². The molecule has 0 aliphatic heterocycles. The monoisotopic (exact) mass is 368 g/mol. The van der Waals surface area contributed by atoms with Crippen LogP contribution in [0.25, 0.3) is 0 Å². The number of unbranched alkanes of at least 4 members (excludes halogenated alkanes) is 2. The highest BCUT2D eigenvalue weighted by molar-refractivity contribution is 5.95. The predicted molar refractivity (Wildman–Crippen MR) is 95.4 cm³/mol. The van der Waals surface area contributed by atoms with E-state index >= 15 is 0 Å². The van der Waals surface area contributed by atoms with E-state index in [9.17, 15) is 14.7 Å². The van der Waals surface area contributed by atoms with Gasteiger partial charge in [-0.15, -0.1) is 0 Å². The second-order valence-corrected chi connectivity index (χ2v) is 5.65. The smallest absolute Gasteiger partial charge is 0.330 e. The first kappa shape index (κ1) is 21.7. The van der Waals surface area contributed by atoms with Crippen molar-refractivity contribution >= 4 is 11.9 Å². The van der Waals surface area contributed by atoms with Crippen molar-refractivity contribution < 1.29 is 28.9 Å². The quantitative estimate of drug-likeness (QED) is 0.427. The average molecular weight is 368 g/mol. The normalized spacial score (nSPS) is 11.5. The summed E-state index contributed by atoms with van der Waals surface area (Å²) in [5.41, 5.74) is 0.0571. The zero-order valence-corrected chi connectivity index (χ0v) is 15.6. The summed E-state index contributed by atoms with van der Waals surface area (Å²) >= 11 is 0. The van der Waals surface area contributed by atoms with Gasteiger partial charge < -0.3 is 24.6 Å². The van der Waals surface area contributed by atoms with Gasteiger partial charge in [-0.1, -0.05) is 26.7 Å². The van der Waals surface area contributed by atoms with Crippen LogP contribution in [0.2, 0.25) is 0 Å². The Bertz CT molecular complexity index is 579. The fraction of sp³-hybridized carbons (Fsp3) is 0.611. The molecule has 26 heavy (non-hydrogen) atoms. The number of aliphatic hydroxyl groups is 1. The van der Waals surface area contributed by atoms with Gasteiger partial charge >= 0.3 is 5.97 Å². The largest absolute Gasteiger partial charge is 0.490 e. The Balaban J connectivity index is 2.91. The molecule has 8 heteroatoms. The standard InChI is InChI=1S/C18H28N2O6/c1-4-6-8-25-15-10-13(19-11-16(15)26-9-7-5-2)17(22)20-14(12-21)18(23)24-3/h10-11,14,21H,4-9,12H2,1-3H3,(H,20,22). The number of carbonyl (C=O) groups excluding carboxylic acids is 2. The zero-order chi connectivity index (χ0) is 19.4. The van der Waals surface area contributed by atoms with Crippen molar-refractivity contribution in [3.8, 4) is 11.5 Å². The van der Waals surface area contributed by atoms with Crippen LogP contribution in [0.3, 0.4) is 0 Å². The van der Waals surface area contributed by atoms with Gasteiger partial charge in [0.05, 0.1) is 33.1 Å². The molecule has 1 rings (SSSR count). The lowest BCUT2D eigenvalue weighted by atomic mass is 10.2. The van der Waals surface area contributed by atoms with Crippen LogP contribution in [0, 0.1) is 0 Å². The zero-order valence-electron chi connectivity index (χ0n) is 15.6. The molecule has 0 saturated carbocycles. The van der Waals surface area contributed by atoms with Crippen LogP contribution in [-0.4, -0.2) is 54.9 Å². The van der Waals surface area contributed by atoms with E-state index in [1.54, 1.807) is 0 Å². The van der Waals surface area contributed by atoms with Gasteiger partial charge in [-0.05, 0) is 12.8 Å². The topological polar surface area (TPSA) is 107 Å². The van der Waals surface area contributed by atoms with Crippen molar-refractivity contribution in [3.05, 3.63) is 18.0 Å². The number of pyridine rings is 1. The van der Waals surface area contributed by atoms with Crippen molar-refractivity contribution in [2.45, 2.75) is 45.6 Å². The van der Waals surface area contributed by atoms with E-state index in [2.05, 4.69) is 28.9 Å². The number of carbonyl (C=O) groups is 2. The Morgan fingerprint density at radius 3 is 2.31 bits per heavy atom. The molecule has 1 atom stereocenters. The van der Waals surface area contributed by atoms with Crippen LogP contribution in [0.15, 0.2) is 12.3 Å². The maximum Gasteiger partial charge on any atom is 0.330 e. The molecule has 1 aromatic heterocycles. The summed E-state index contributed by atoms with van der Waals surface area (Å²) in [5.74, 6) is -0.458. The Kier molecular flexibility index (Phi) is 10.1. The first-order chi connectivity index (χ1) is 12.6. The van der Waals surface area contributed by atoms with Crippen LogP contribution in [0.5, 0.6) is 11.5 Å².